The van der Waals surface area contributed by atoms with Crippen LogP contribution in [-0.2, 0) is 4.79 Å². The van der Waals surface area contributed by atoms with Gasteiger partial charge in [-0.1, -0.05) is 72.7 Å². The Hall–Kier alpha value is -2.69. The van der Waals surface area contributed by atoms with Crippen LogP contribution in [-0.4, -0.2) is 35.6 Å². The molecule has 1 fully saturated rings. The van der Waals surface area contributed by atoms with Gasteiger partial charge in [0.2, 0.25) is 5.91 Å². The number of amides is 1. The molecule has 0 bridgehead atoms. The number of hydrogen-bond donors (Lipinski definition) is 2. The highest BCUT2D eigenvalue weighted by molar-refractivity contribution is 5.94. The molecule has 0 spiro atoms. The van der Waals surface area contributed by atoms with E-state index in [9.17, 15) is 4.79 Å². The van der Waals surface area contributed by atoms with Gasteiger partial charge >= 0.3 is 0 Å². The minimum Gasteiger partial charge on any atom is -0.303 e. The summed E-state index contributed by atoms with van der Waals surface area (Å²) in [6.07, 6.45) is 10.0. The van der Waals surface area contributed by atoms with E-state index >= 15 is 0 Å². The summed E-state index contributed by atoms with van der Waals surface area (Å²) in [7, 11) is 0. The van der Waals surface area contributed by atoms with E-state index in [1.165, 1.54) is 27.8 Å². The average molecular weight is 403 g/mol. The molecule has 4 rings (SSSR count). The topological polar surface area (TPSA) is 52.6 Å². The molecule has 1 saturated heterocycles. The van der Waals surface area contributed by atoms with E-state index in [1.807, 2.05) is 0 Å². The highest BCUT2D eigenvalue weighted by Gasteiger charge is 2.22. The number of likely N-dealkylation sites (tertiary alicyclic amines) is 1. The van der Waals surface area contributed by atoms with Crippen LogP contribution in [0.5, 0.6) is 0 Å². The minimum atomic E-state index is -0.289. The van der Waals surface area contributed by atoms with E-state index < -0.39 is 0 Å². The Bertz CT molecular complexity index is 900. The third kappa shape index (κ3) is 4.72. The fourth-order valence-corrected chi connectivity index (χ4v) is 4.60. The molecular weight excluding hydrogens is 372 g/mol. The van der Waals surface area contributed by atoms with Gasteiger partial charge in [0.15, 0.2) is 0 Å². The highest BCUT2D eigenvalue weighted by atomic mass is 16.5. The normalized spacial score (nSPS) is 16.0. The van der Waals surface area contributed by atoms with Crippen LogP contribution in [0.2, 0.25) is 0 Å². The maximum Gasteiger partial charge on any atom is 0.243 e. The van der Waals surface area contributed by atoms with Gasteiger partial charge in [0.25, 0.3) is 0 Å². The molecule has 2 N–H and O–H groups in total. The number of fused-ring (bicyclic) bond motifs is 2. The number of unbranched alkanes of at least 4 members (excludes halogenated alkanes) is 2. The van der Waals surface area contributed by atoms with E-state index in [-0.39, 0.29) is 5.91 Å². The van der Waals surface area contributed by atoms with Crippen LogP contribution >= 0.6 is 0 Å². The van der Waals surface area contributed by atoms with Crippen LogP contribution in [0.1, 0.15) is 60.8 Å². The number of piperidine rings is 1. The van der Waals surface area contributed by atoms with Gasteiger partial charge in [-0.3, -0.25) is 10.0 Å². The lowest BCUT2D eigenvalue weighted by molar-refractivity contribution is -0.129. The summed E-state index contributed by atoms with van der Waals surface area (Å²) in [5.74, 6) is -0.289. The molecule has 4 heteroatoms. The molecule has 0 atom stereocenters. The van der Waals surface area contributed by atoms with Gasteiger partial charge in [-0.05, 0) is 60.1 Å². The van der Waals surface area contributed by atoms with E-state index in [0.29, 0.717) is 6.42 Å². The molecule has 0 saturated carbocycles. The van der Waals surface area contributed by atoms with Crippen molar-refractivity contribution in [2.45, 2.75) is 38.5 Å². The zero-order valence-electron chi connectivity index (χ0n) is 17.4. The van der Waals surface area contributed by atoms with E-state index in [4.69, 9.17) is 5.21 Å². The zero-order chi connectivity index (χ0) is 20.8. The number of carbonyl (C=O) groups excluding carboxylic acids is 1. The molecule has 30 heavy (non-hydrogen) atoms. The van der Waals surface area contributed by atoms with Crippen molar-refractivity contribution in [3.05, 3.63) is 76.4 Å². The fourth-order valence-electron chi connectivity index (χ4n) is 4.60. The van der Waals surface area contributed by atoms with Crippen molar-refractivity contribution in [3.8, 4) is 0 Å². The molecule has 0 aromatic heterocycles. The van der Waals surface area contributed by atoms with Gasteiger partial charge in [0.1, 0.15) is 0 Å². The molecule has 4 nitrogen and oxygen atoms in total. The second kappa shape index (κ2) is 9.88. The molecule has 2 aromatic rings. The Morgan fingerprint density at radius 1 is 0.867 bits per heavy atom. The second-order valence-electron chi connectivity index (χ2n) is 8.17. The minimum absolute atomic E-state index is 0.289. The Morgan fingerprint density at radius 2 is 1.47 bits per heavy atom. The smallest absolute Gasteiger partial charge is 0.243 e. The standard InChI is InChI=1S/C26H30N2O2/c29-25(27-30)12-2-1-7-17-28-18-15-22(16-19-28)26-23-10-5-3-8-20(23)13-14-21-9-4-6-11-24(21)26/h3-6,8-11,13-14,30H,1-2,7,12,15-19H2,(H,27,29). The highest BCUT2D eigenvalue weighted by Crippen LogP contribution is 2.38. The van der Waals surface area contributed by atoms with Crippen molar-refractivity contribution < 1.29 is 10.0 Å². The molecule has 156 valence electrons. The van der Waals surface area contributed by atoms with Crippen molar-refractivity contribution in [1.82, 2.24) is 10.4 Å². The number of hydroxylamine groups is 1. The maximum absolute atomic E-state index is 11.1. The molecule has 2 aliphatic rings. The summed E-state index contributed by atoms with van der Waals surface area (Å²) < 4.78 is 0. The number of nitrogens with zero attached hydrogens (tertiary/aromatic N) is 1. The predicted molar refractivity (Wildman–Crippen MR) is 122 cm³/mol. The van der Waals surface area contributed by atoms with Crippen LogP contribution in [0.3, 0.4) is 0 Å². The number of nitrogens with one attached hydrogen (secondary N) is 1. The van der Waals surface area contributed by atoms with Crippen LogP contribution in [0.15, 0.2) is 54.1 Å². The van der Waals surface area contributed by atoms with Crippen molar-refractivity contribution in [3.63, 3.8) is 0 Å². The molecule has 1 aliphatic carbocycles. The summed E-state index contributed by atoms with van der Waals surface area (Å²) in [4.78, 5) is 13.6. The first-order valence-electron chi connectivity index (χ1n) is 11.0. The molecule has 0 radical (unpaired) electrons. The molecule has 1 heterocycles. The quantitative estimate of drug-likeness (QED) is 0.341. The van der Waals surface area contributed by atoms with Crippen LogP contribution in [0.4, 0.5) is 0 Å². The monoisotopic (exact) mass is 402 g/mol. The molecule has 1 aliphatic heterocycles. The van der Waals surface area contributed by atoms with Crippen molar-refractivity contribution >= 4 is 23.6 Å². The van der Waals surface area contributed by atoms with Gasteiger partial charge < -0.3 is 4.90 Å². The largest absolute Gasteiger partial charge is 0.303 e. The number of rotatable bonds is 6. The summed E-state index contributed by atoms with van der Waals surface area (Å²) in [5.41, 5.74) is 9.99. The predicted octanol–water partition coefficient (Wildman–Crippen LogP) is 5.13. The Balaban J connectivity index is 1.45. The number of carbonyl (C=O) groups is 1. The van der Waals surface area contributed by atoms with Gasteiger partial charge in [0.05, 0.1) is 0 Å². The lowest BCUT2D eigenvalue weighted by Gasteiger charge is -2.30. The van der Waals surface area contributed by atoms with Crippen molar-refractivity contribution in [1.29, 1.82) is 0 Å². The van der Waals surface area contributed by atoms with Gasteiger partial charge in [0, 0.05) is 19.5 Å². The Labute approximate surface area is 178 Å². The lowest BCUT2D eigenvalue weighted by atomic mass is 9.86. The summed E-state index contributed by atoms with van der Waals surface area (Å²) in [5, 5.41) is 8.55. The van der Waals surface area contributed by atoms with Crippen LogP contribution < -0.4 is 5.48 Å². The van der Waals surface area contributed by atoms with Gasteiger partial charge in [-0.25, -0.2) is 5.48 Å². The van der Waals surface area contributed by atoms with Crippen molar-refractivity contribution in [2.75, 3.05) is 19.6 Å². The molecule has 1 amide bonds. The summed E-state index contributed by atoms with van der Waals surface area (Å²) >= 11 is 0. The maximum atomic E-state index is 11.1. The first-order valence-corrected chi connectivity index (χ1v) is 11.0. The second-order valence-corrected chi connectivity index (χ2v) is 8.17. The summed E-state index contributed by atoms with van der Waals surface area (Å²) in [6.45, 7) is 3.26. The number of benzene rings is 2. The van der Waals surface area contributed by atoms with Gasteiger partial charge in [-0.15, -0.1) is 0 Å². The first-order chi connectivity index (χ1) is 14.8. The van der Waals surface area contributed by atoms with E-state index in [0.717, 1.165) is 51.7 Å². The Morgan fingerprint density at radius 3 is 2.07 bits per heavy atom. The molecular formula is C26H30N2O2. The molecule has 0 unspecified atom stereocenters. The summed E-state index contributed by atoms with van der Waals surface area (Å²) in [6, 6.07) is 17.5. The lowest BCUT2D eigenvalue weighted by Crippen LogP contribution is -2.32. The number of hydrogen-bond acceptors (Lipinski definition) is 3. The fraction of sp³-hybridized carbons (Fsp3) is 0.346. The molecule has 2 aromatic carbocycles. The van der Waals surface area contributed by atoms with Crippen molar-refractivity contribution in [2.24, 2.45) is 0 Å². The average Bonchev–Trinajstić information content (AvgIpc) is 2.96. The Kier molecular flexibility index (Phi) is 6.77. The van der Waals surface area contributed by atoms with Gasteiger partial charge in [-0.2, -0.15) is 0 Å². The third-order valence-corrected chi connectivity index (χ3v) is 6.22. The van der Waals surface area contributed by atoms with Crippen LogP contribution in [0, 0.1) is 0 Å². The first kappa shape index (κ1) is 20.6. The SMILES string of the molecule is O=C(CCCCCN1CCC(=C2c3ccccc3C=Cc3ccccc32)CC1)NO. The third-order valence-electron chi connectivity index (χ3n) is 6.22. The zero-order valence-corrected chi connectivity index (χ0v) is 17.4. The van der Waals surface area contributed by atoms with Crippen LogP contribution in [0.25, 0.3) is 17.7 Å². The van der Waals surface area contributed by atoms with E-state index in [1.54, 1.807) is 11.1 Å². The van der Waals surface area contributed by atoms with E-state index in [2.05, 4.69) is 65.6 Å².